The van der Waals surface area contributed by atoms with Crippen molar-refractivity contribution in [2.24, 2.45) is 5.92 Å². The molecule has 2 aromatic carbocycles. The highest BCUT2D eigenvalue weighted by atomic mass is 16.2. The Labute approximate surface area is 155 Å². The van der Waals surface area contributed by atoms with Crippen LogP contribution in [0.15, 0.2) is 67.4 Å². The molecule has 0 bridgehead atoms. The van der Waals surface area contributed by atoms with Crippen molar-refractivity contribution in [3.8, 4) is 0 Å². The van der Waals surface area contributed by atoms with E-state index >= 15 is 0 Å². The van der Waals surface area contributed by atoms with Crippen molar-refractivity contribution in [2.45, 2.75) is 19.3 Å². The van der Waals surface area contributed by atoms with Gasteiger partial charge in [0.2, 0.25) is 5.91 Å². The Kier molecular flexibility index (Phi) is 6.45. The molecular weight excluding hydrogens is 322 g/mol. The molecule has 4 nitrogen and oxygen atoms in total. The van der Waals surface area contributed by atoms with Crippen LogP contribution < -0.4 is 10.6 Å². The van der Waals surface area contributed by atoms with Gasteiger partial charge < -0.3 is 10.6 Å². The van der Waals surface area contributed by atoms with Gasteiger partial charge in [0, 0.05) is 11.4 Å². The number of rotatable bonds is 7. The van der Waals surface area contributed by atoms with Gasteiger partial charge in [-0.25, -0.2) is 0 Å². The molecule has 1 aliphatic heterocycles. The van der Waals surface area contributed by atoms with Gasteiger partial charge in [0.15, 0.2) is 0 Å². The van der Waals surface area contributed by atoms with E-state index in [9.17, 15) is 4.79 Å². The number of hydrogen-bond acceptors (Lipinski definition) is 3. The van der Waals surface area contributed by atoms with Gasteiger partial charge in [-0.1, -0.05) is 43.0 Å². The Bertz CT molecular complexity index is 721. The fourth-order valence-electron chi connectivity index (χ4n) is 3.50. The van der Waals surface area contributed by atoms with Crippen molar-refractivity contribution in [1.29, 1.82) is 0 Å². The largest absolute Gasteiger partial charge is 0.362 e. The van der Waals surface area contributed by atoms with Gasteiger partial charge in [0.25, 0.3) is 0 Å². The van der Waals surface area contributed by atoms with E-state index in [2.05, 4.69) is 52.4 Å². The molecule has 1 heterocycles. The van der Waals surface area contributed by atoms with E-state index < -0.39 is 0 Å². The predicted octanol–water partition coefficient (Wildman–Crippen LogP) is 4.14. The third kappa shape index (κ3) is 5.46. The van der Waals surface area contributed by atoms with E-state index in [0.29, 0.717) is 6.54 Å². The maximum Gasteiger partial charge on any atom is 0.238 e. The Hall–Kier alpha value is -2.59. The summed E-state index contributed by atoms with van der Waals surface area (Å²) >= 11 is 0. The first-order chi connectivity index (χ1) is 12.7. The molecule has 0 saturated carbocycles. The molecule has 26 heavy (non-hydrogen) atoms. The minimum absolute atomic E-state index is 0.0438. The number of nitrogens with zero attached hydrogens (tertiary/aromatic N) is 1. The smallest absolute Gasteiger partial charge is 0.238 e. The Balaban J connectivity index is 1.43. The lowest BCUT2D eigenvalue weighted by Gasteiger charge is -2.31. The molecule has 4 heteroatoms. The normalized spacial score (nSPS) is 15.4. The van der Waals surface area contributed by atoms with E-state index in [4.69, 9.17) is 0 Å². The summed E-state index contributed by atoms with van der Waals surface area (Å²) in [7, 11) is 0. The van der Waals surface area contributed by atoms with Crippen molar-refractivity contribution in [2.75, 3.05) is 30.3 Å². The number of piperidine rings is 1. The third-order valence-corrected chi connectivity index (χ3v) is 4.86. The van der Waals surface area contributed by atoms with Crippen LogP contribution in [0.3, 0.4) is 0 Å². The van der Waals surface area contributed by atoms with Crippen molar-refractivity contribution < 1.29 is 4.79 Å². The molecule has 0 aliphatic carbocycles. The molecule has 3 rings (SSSR count). The molecule has 2 N–H and O–H groups in total. The molecule has 0 radical (unpaired) electrons. The molecule has 1 saturated heterocycles. The molecular formula is C22H27N3O. The van der Waals surface area contributed by atoms with Gasteiger partial charge >= 0.3 is 0 Å². The second-order valence-electron chi connectivity index (χ2n) is 6.89. The standard InChI is InChI=1S/C22H27N3O/c1-2-23-20-9-6-10-21(16-20)24-22(26)17-25-13-11-19(12-14-25)15-18-7-4-3-5-8-18/h2-10,16,19,23H,1,11-15,17H2,(H,24,26). The molecule has 2 aromatic rings. The second-order valence-corrected chi connectivity index (χ2v) is 6.89. The monoisotopic (exact) mass is 349 g/mol. The number of amides is 1. The zero-order valence-electron chi connectivity index (χ0n) is 15.2. The molecule has 1 amide bonds. The van der Waals surface area contributed by atoms with E-state index in [0.717, 1.165) is 49.6 Å². The summed E-state index contributed by atoms with van der Waals surface area (Å²) in [5.74, 6) is 0.764. The number of nitrogens with one attached hydrogen (secondary N) is 2. The van der Waals surface area contributed by atoms with Crippen LogP contribution in [0, 0.1) is 5.92 Å². The topological polar surface area (TPSA) is 44.4 Å². The van der Waals surface area contributed by atoms with Crippen molar-refractivity contribution in [3.05, 3.63) is 72.9 Å². The van der Waals surface area contributed by atoms with E-state index in [1.54, 1.807) is 6.20 Å². The lowest BCUT2D eigenvalue weighted by atomic mass is 9.90. The Morgan fingerprint density at radius 3 is 2.54 bits per heavy atom. The summed E-state index contributed by atoms with van der Waals surface area (Å²) in [6.45, 7) is 6.08. The number of hydrogen-bond donors (Lipinski definition) is 2. The highest BCUT2D eigenvalue weighted by Gasteiger charge is 2.21. The summed E-state index contributed by atoms with van der Waals surface area (Å²) in [4.78, 5) is 14.6. The van der Waals surface area contributed by atoms with E-state index in [1.807, 2.05) is 24.3 Å². The summed E-state index contributed by atoms with van der Waals surface area (Å²) in [6, 6.07) is 18.3. The van der Waals surface area contributed by atoms with E-state index in [-0.39, 0.29) is 5.91 Å². The van der Waals surface area contributed by atoms with Crippen LogP contribution in [0.5, 0.6) is 0 Å². The van der Waals surface area contributed by atoms with Crippen molar-refractivity contribution in [3.63, 3.8) is 0 Å². The number of carbonyl (C=O) groups is 1. The van der Waals surface area contributed by atoms with Crippen molar-refractivity contribution >= 4 is 17.3 Å². The number of anilines is 2. The van der Waals surface area contributed by atoms with Gasteiger partial charge in [0.05, 0.1) is 6.54 Å². The minimum atomic E-state index is 0.0438. The molecule has 136 valence electrons. The number of likely N-dealkylation sites (tertiary alicyclic amines) is 1. The quantitative estimate of drug-likeness (QED) is 0.790. The van der Waals surface area contributed by atoms with Crippen LogP contribution in [0.25, 0.3) is 0 Å². The predicted molar refractivity (Wildman–Crippen MR) is 108 cm³/mol. The van der Waals surface area contributed by atoms with Gasteiger partial charge in [-0.15, -0.1) is 0 Å². The number of benzene rings is 2. The second kappa shape index (κ2) is 9.20. The molecule has 0 atom stereocenters. The van der Waals surface area contributed by atoms with Gasteiger partial charge in [0.1, 0.15) is 0 Å². The third-order valence-electron chi connectivity index (χ3n) is 4.86. The Morgan fingerprint density at radius 1 is 1.08 bits per heavy atom. The fraction of sp³-hybridized carbons (Fsp3) is 0.318. The van der Waals surface area contributed by atoms with Crippen LogP contribution in [0.2, 0.25) is 0 Å². The lowest BCUT2D eigenvalue weighted by molar-refractivity contribution is -0.117. The summed E-state index contributed by atoms with van der Waals surface area (Å²) in [5.41, 5.74) is 3.14. The molecule has 1 fully saturated rings. The summed E-state index contributed by atoms with van der Waals surface area (Å²) in [6.07, 6.45) is 5.08. The fourth-order valence-corrected chi connectivity index (χ4v) is 3.50. The number of carbonyl (C=O) groups excluding carboxylic acids is 1. The zero-order valence-corrected chi connectivity index (χ0v) is 15.2. The van der Waals surface area contributed by atoms with Gasteiger partial charge in [-0.3, -0.25) is 9.69 Å². The first kappa shape index (κ1) is 18.2. The molecule has 1 aliphatic rings. The van der Waals surface area contributed by atoms with Crippen LogP contribution in [0.4, 0.5) is 11.4 Å². The van der Waals surface area contributed by atoms with Crippen LogP contribution in [0.1, 0.15) is 18.4 Å². The highest BCUT2D eigenvalue weighted by Crippen LogP contribution is 2.21. The highest BCUT2D eigenvalue weighted by molar-refractivity contribution is 5.92. The first-order valence-electron chi connectivity index (χ1n) is 9.26. The van der Waals surface area contributed by atoms with Gasteiger partial charge in [-0.05, 0) is 68.2 Å². The lowest BCUT2D eigenvalue weighted by Crippen LogP contribution is -2.39. The maximum atomic E-state index is 12.3. The average molecular weight is 349 g/mol. The SMILES string of the molecule is C=CNc1cccc(NC(=O)CN2CCC(Cc3ccccc3)CC2)c1. The van der Waals surface area contributed by atoms with Gasteiger partial charge in [-0.2, -0.15) is 0 Å². The van der Waals surface area contributed by atoms with Crippen LogP contribution in [-0.2, 0) is 11.2 Å². The van der Waals surface area contributed by atoms with E-state index in [1.165, 1.54) is 5.56 Å². The maximum absolute atomic E-state index is 12.3. The molecule has 0 unspecified atom stereocenters. The molecule has 0 aromatic heterocycles. The zero-order chi connectivity index (χ0) is 18.2. The first-order valence-corrected chi connectivity index (χ1v) is 9.26. The van der Waals surface area contributed by atoms with Crippen molar-refractivity contribution in [1.82, 2.24) is 4.90 Å². The molecule has 0 spiro atoms. The average Bonchev–Trinajstić information content (AvgIpc) is 2.65. The summed E-state index contributed by atoms with van der Waals surface area (Å²) < 4.78 is 0. The van der Waals surface area contributed by atoms with Crippen LogP contribution in [-0.4, -0.2) is 30.4 Å². The van der Waals surface area contributed by atoms with Crippen LogP contribution >= 0.6 is 0 Å². The summed E-state index contributed by atoms with van der Waals surface area (Å²) in [5, 5.41) is 6.01. The minimum Gasteiger partial charge on any atom is -0.362 e. The Morgan fingerprint density at radius 2 is 1.81 bits per heavy atom.